The van der Waals surface area contributed by atoms with Crippen molar-refractivity contribution in [1.29, 1.82) is 0 Å². The first-order chi connectivity index (χ1) is 12.7. The molecule has 2 nitrogen and oxygen atoms in total. The van der Waals surface area contributed by atoms with Gasteiger partial charge in [-0.3, -0.25) is 0 Å². The molecule has 0 bridgehead atoms. The smallest absolute Gasteiger partial charge is 0.123 e. The van der Waals surface area contributed by atoms with Crippen LogP contribution in [0.15, 0.2) is 30.3 Å². The van der Waals surface area contributed by atoms with E-state index in [0.29, 0.717) is 6.10 Å². The summed E-state index contributed by atoms with van der Waals surface area (Å²) in [5.41, 5.74) is 1.29. The number of rotatable bonds is 12. The minimum atomic E-state index is 0.316. The predicted octanol–water partition coefficient (Wildman–Crippen LogP) is 7.30. The molecule has 2 aromatic rings. The van der Waals surface area contributed by atoms with Gasteiger partial charge in [0.15, 0.2) is 0 Å². The molecule has 0 fully saturated rings. The summed E-state index contributed by atoms with van der Waals surface area (Å²) in [6, 6.07) is 10.8. The second-order valence-electron chi connectivity index (χ2n) is 6.81. The number of ether oxygens (including phenoxy) is 2. The molecule has 1 unspecified atom stereocenters. The predicted molar refractivity (Wildman–Crippen MR) is 116 cm³/mol. The van der Waals surface area contributed by atoms with Crippen LogP contribution in [-0.2, 0) is 6.42 Å². The van der Waals surface area contributed by atoms with Crippen molar-refractivity contribution in [3.63, 3.8) is 0 Å². The van der Waals surface area contributed by atoms with E-state index in [9.17, 15) is 0 Å². The first-order valence-electron chi connectivity index (χ1n) is 10.1. The van der Waals surface area contributed by atoms with Crippen LogP contribution in [-0.4, -0.2) is 18.0 Å². The Morgan fingerprint density at radius 3 is 2.54 bits per heavy atom. The Morgan fingerprint density at radius 1 is 1.00 bits per heavy atom. The van der Waals surface area contributed by atoms with Gasteiger partial charge in [-0.15, -0.1) is 0 Å². The average Bonchev–Trinajstić information content (AvgIpc) is 2.67. The van der Waals surface area contributed by atoms with Crippen molar-refractivity contribution < 1.29 is 9.47 Å². The number of hydrogen-bond acceptors (Lipinski definition) is 2. The van der Waals surface area contributed by atoms with E-state index < -0.39 is 0 Å². The van der Waals surface area contributed by atoms with E-state index in [4.69, 9.17) is 9.47 Å². The fourth-order valence-corrected chi connectivity index (χ4v) is 3.55. The molecule has 0 radical (unpaired) electrons. The number of hydrogen-bond donors (Lipinski definition) is 0. The molecule has 26 heavy (non-hydrogen) atoms. The van der Waals surface area contributed by atoms with Crippen LogP contribution in [0.2, 0.25) is 0 Å². The van der Waals surface area contributed by atoms with Crippen molar-refractivity contribution >= 4 is 26.7 Å². The lowest BCUT2D eigenvalue weighted by atomic mass is 10.0. The number of unbranched alkanes of at least 4 members (excludes halogenated alkanes) is 2. The van der Waals surface area contributed by atoms with Gasteiger partial charge in [0.1, 0.15) is 11.5 Å². The van der Waals surface area contributed by atoms with Crippen LogP contribution in [0, 0.1) is 0 Å². The van der Waals surface area contributed by atoms with Gasteiger partial charge >= 0.3 is 0 Å². The topological polar surface area (TPSA) is 18.5 Å². The molecule has 0 N–H and O–H groups in total. The zero-order valence-electron chi connectivity index (χ0n) is 16.5. The third kappa shape index (κ3) is 5.90. The maximum absolute atomic E-state index is 6.27. The van der Waals surface area contributed by atoms with Crippen LogP contribution in [0.5, 0.6) is 11.5 Å². The highest BCUT2D eigenvalue weighted by molar-refractivity contribution is 9.09. The van der Waals surface area contributed by atoms with Gasteiger partial charge in [-0.05, 0) is 61.1 Å². The molecule has 0 spiro atoms. The van der Waals surface area contributed by atoms with E-state index in [1.54, 1.807) is 0 Å². The van der Waals surface area contributed by atoms with E-state index in [-0.39, 0.29) is 0 Å². The zero-order chi connectivity index (χ0) is 18.8. The molecule has 2 rings (SSSR count). The molecule has 0 heterocycles. The number of fused-ring (bicyclic) bond motifs is 1. The lowest BCUT2D eigenvalue weighted by Crippen LogP contribution is -2.15. The summed E-state index contributed by atoms with van der Waals surface area (Å²) >= 11 is 3.46. The largest absolute Gasteiger partial charge is 0.493 e. The normalized spacial score (nSPS) is 12.3. The van der Waals surface area contributed by atoms with E-state index in [0.717, 1.165) is 49.1 Å². The summed E-state index contributed by atoms with van der Waals surface area (Å²) < 4.78 is 12.2. The Kier molecular flexibility index (Phi) is 9.31. The standard InChI is InChI=1S/C23H33BrO2/c1-4-7-8-10-19(5-2)26-20-12-13-22-18(17-20)11-14-23(21(22)6-3)25-16-9-15-24/h11-14,17,19H,4-10,15-16H2,1-3H3. The quantitative estimate of drug-likeness (QED) is 0.264. The lowest BCUT2D eigenvalue weighted by Gasteiger charge is -2.19. The summed E-state index contributed by atoms with van der Waals surface area (Å²) in [5, 5.41) is 3.48. The average molecular weight is 421 g/mol. The monoisotopic (exact) mass is 420 g/mol. The molecule has 0 aliphatic carbocycles. The molecule has 0 aliphatic heterocycles. The minimum Gasteiger partial charge on any atom is -0.493 e. The highest BCUT2D eigenvalue weighted by Gasteiger charge is 2.11. The van der Waals surface area contributed by atoms with Crippen molar-refractivity contribution in [3.05, 3.63) is 35.9 Å². The minimum absolute atomic E-state index is 0.316. The third-order valence-electron chi connectivity index (χ3n) is 4.84. The zero-order valence-corrected chi connectivity index (χ0v) is 18.1. The third-order valence-corrected chi connectivity index (χ3v) is 5.40. The van der Waals surface area contributed by atoms with Crippen molar-refractivity contribution in [2.45, 2.75) is 71.8 Å². The van der Waals surface area contributed by atoms with E-state index in [1.807, 2.05) is 0 Å². The van der Waals surface area contributed by atoms with Gasteiger partial charge < -0.3 is 9.47 Å². The fourth-order valence-electron chi connectivity index (χ4n) is 3.32. The Labute approximate surface area is 167 Å². The van der Waals surface area contributed by atoms with Gasteiger partial charge in [-0.1, -0.05) is 61.7 Å². The van der Waals surface area contributed by atoms with Crippen molar-refractivity contribution in [1.82, 2.24) is 0 Å². The second kappa shape index (κ2) is 11.5. The van der Waals surface area contributed by atoms with Gasteiger partial charge in [0.05, 0.1) is 12.7 Å². The highest BCUT2D eigenvalue weighted by Crippen LogP contribution is 2.32. The summed E-state index contributed by atoms with van der Waals surface area (Å²) in [4.78, 5) is 0. The number of halogens is 1. The Bertz CT molecular complexity index is 669. The van der Waals surface area contributed by atoms with Crippen molar-refractivity contribution in [2.24, 2.45) is 0 Å². The lowest BCUT2D eigenvalue weighted by molar-refractivity contribution is 0.183. The summed E-state index contributed by atoms with van der Waals surface area (Å²) in [7, 11) is 0. The maximum atomic E-state index is 6.27. The van der Waals surface area contributed by atoms with Crippen molar-refractivity contribution in [2.75, 3.05) is 11.9 Å². The van der Waals surface area contributed by atoms with E-state index in [2.05, 4.69) is 67.0 Å². The molecule has 2 aromatic carbocycles. The van der Waals surface area contributed by atoms with Gasteiger partial charge in [0, 0.05) is 10.9 Å². The SMILES string of the molecule is CCCCCC(CC)Oc1ccc2c(CC)c(OCCCBr)ccc2c1. The summed E-state index contributed by atoms with van der Waals surface area (Å²) in [5.74, 6) is 2.00. The van der Waals surface area contributed by atoms with Gasteiger partial charge in [0.2, 0.25) is 0 Å². The van der Waals surface area contributed by atoms with Gasteiger partial charge in [-0.2, -0.15) is 0 Å². The molecular weight excluding hydrogens is 388 g/mol. The van der Waals surface area contributed by atoms with Crippen LogP contribution >= 0.6 is 15.9 Å². The number of alkyl halides is 1. The van der Waals surface area contributed by atoms with Crippen molar-refractivity contribution in [3.8, 4) is 11.5 Å². The van der Waals surface area contributed by atoms with Crippen LogP contribution in [0.1, 0.15) is 64.9 Å². The molecular formula is C23H33BrO2. The number of benzene rings is 2. The molecule has 3 heteroatoms. The highest BCUT2D eigenvalue weighted by atomic mass is 79.9. The summed E-state index contributed by atoms with van der Waals surface area (Å²) in [6.45, 7) is 7.40. The summed E-state index contributed by atoms with van der Waals surface area (Å²) in [6.07, 6.45) is 8.29. The molecule has 0 saturated carbocycles. The Hall–Kier alpha value is -1.22. The molecule has 0 amide bonds. The fraction of sp³-hybridized carbons (Fsp3) is 0.565. The van der Waals surface area contributed by atoms with Gasteiger partial charge in [0.25, 0.3) is 0 Å². The van der Waals surface area contributed by atoms with Gasteiger partial charge in [-0.25, -0.2) is 0 Å². The van der Waals surface area contributed by atoms with Crippen LogP contribution in [0.3, 0.4) is 0 Å². The van der Waals surface area contributed by atoms with Crippen LogP contribution < -0.4 is 9.47 Å². The molecule has 0 aliphatic rings. The Morgan fingerprint density at radius 2 is 1.85 bits per heavy atom. The molecule has 144 valence electrons. The maximum Gasteiger partial charge on any atom is 0.123 e. The van der Waals surface area contributed by atoms with Crippen LogP contribution in [0.25, 0.3) is 10.8 Å². The molecule has 0 saturated heterocycles. The Balaban J connectivity index is 2.16. The second-order valence-corrected chi connectivity index (χ2v) is 7.61. The van der Waals surface area contributed by atoms with E-state index >= 15 is 0 Å². The first kappa shape index (κ1) is 21.1. The first-order valence-corrected chi connectivity index (χ1v) is 11.3. The van der Waals surface area contributed by atoms with Crippen LogP contribution in [0.4, 0.5) is 0 Å². The molecule has 1 atom stereocenters. The number of aryl methyl sites for hydroxylation is 1. The molecule has 0 aromatic heterocycles. The van der Waals surface area contributed by atoms with E-state index in [1.165, 1.54) is 35.6 Å².